The molecule has 1 fully saturated rings. The predicted molar refractivity (Wildman–Crippen MR) is 57.0 cm³/mol. The molecule has 0 aliphatic carbocycles. The summed E-state index contributed by atoms with van der Waals surface area (Å²) in [6.45, 7) is 6.92. The Labute approximate surface area is 86.0 Å². The van der Waals surface area contributed by atoms with Crippen LogP contribution >= 0.6 is 0 Å². The molecule has 1 amide bonds. The molecule has 14 heavy (non-hydrogen) atoms. The number of carbonyl (C=O) groups excluding carboxylic acids is 1. The maximum Gasteiger partial charge on any atom is 0.216 e. The number of nitrogens with one attached hydrogen (secondary N) is 2. The Morgan fingerprint density at radius 1 is 1.50 bits per heavy atom. The highest BCUT2D eigenvalue weighted by atomic mass is 16.1. The molecule has 4 nitrogen and oxygen atoms in total. The van der Waals surface area contributed by atoms with Crippen LogP contribution in [-0.2, 0) is 4.79 Å². The van der Waals surface area contributed by atoms with E-state index in [9.17, 15) is 4.79 Å². The van der Waals surface area contributed by atoms with Gasteiger partial charge < -0.3 is 10.6 Å². The average molecular weight is 199 g/mol. The van der Waals surface area contributed by atoms with Gasteiger partial charge in [0.05, 0.1) is 0 Å². The van der Waals surface area contributed by atoms with E-state index in [2.05, 4.69) is 15.5 Å². The van der Waals surface area contributed by atoms with Gasteiger partial charge in [-0.3, -0.25) is 9.69 Å². The molecule has 1 rings (SSSR count). The number of hydrogen-bond donors (Lipinski definition) is 2. The van der Waals surface area contributed by atoms with Gasteiger partial charge in [0.25, 0.3) is 0 Å². The van der Waals surface area contributed by atoms with Gasteiger partial charge in [0.2, 0.25) is 5.91 Å². The summed E-state index contributed by atoms with van der Waals surface area (Å²) < 4.78 is 0. The predicted octanol–water partition coefficient (Wildman–Crippen LogP) is 0.156. The Hall–Kier alpha value is -0.610. The monoisotopic (exact) mass is 199 g/mol. The van der Waals surface area contributed by atoms with E-state index in [-0.39, 0.29) is 5.91 Å². The van der Waals surface area contributed by atoms with Crippen LogP contribution in [0.25, 0.3) is 0 Å². The fourth-order valence-corrected chi connectivity index (χ4v) is 1.66. The van der Waals surface area contributed by atoms with E-state index >= 15 is 0 Å². The Morgan fingerprint density at radius 3 is 3.00 bits per heavy atom. The zero-order valence-electron chi connectivity index (χ0n) is 9.01. The molecule has 1 saturated heterocycles. The second-order valence-electron chi connectivity index (χ2n) is 3.82. The topological polar surface area (TPSA) is 44.4 Å². The Morgan fingerprint density at radius 2 is 2.36 bits per heavy atom. The lowest BCUT2D eigenvalue weighted by Gasteiger charge is -2.27. The lowest BCUT2D eigenvalue weighted by atomic mass is 10.2. The smallest absolute Gasteiger partial charge is 0.216 e. The minimum Gasteiger partial charge on any atom is -0.356 e. The third kappa shape index (κ3) is 5.19. The molecule has 0 aromatic rings. The highest BCUT2D eigenvalue weighted by Crippen LogP contribution is 1.98. The van der Waals surface area contributed by atoms with Crippen LogP contribution in [0.1, 0.15) is 26.2 Å². The molecule has 82 valence electrons. The molecule has 1 heterocycles. The van der Waals surface area contributed by atoms with Crippen LogP contribution in [0.5, 0.6) is 0 Å². The van der Waals surface area contributed by atoms with Crippen molar-refractivity contribution in [1.29, 1.82) is 0 Å². The molecule has 1 aliphatic rings. The molecule has 0 radical (unpaired) electrons. The number of carbonyl (C=O) groups is 1. The van der Waals surface area contributed by atoms with Crippen molar-refractivity contribution in [3.8, 4) is 0 Å². The van der Waals surface area contributed by atoms with Gasteiger partial charge in [0, 0.05) is 26.7 Å². The minimum absolute atomic E-state index is 0.0737. The summed E-state index contributed by atoms with van der Waals surface area (Å²) in [5.41, 5.74) is 0. The fourth-order valence-electron chi connectivity index (χ4n) is 1.66. The van der Waals surface area contributed by atoms with Crippen LogP contribution < -0.4 is 10.6 Å². The number of nitrogens with zero attached hydrogens (tertiary/aromatic N) is 1. The molecule has 2 N–H and O–H groups in total. The summed E-state index contributed by atoms with van der Waals surface area (Å²) in [4.78, 5) is 13.0. The van der Waals surface area contributed by atoms with Crippen LogP contribution in [0.15, 0.2) is 0 Å². The Bertz CT molecular complexity index is 167. The van der Waals surface area contributed by atoms with E-state index in [1.807, 2.05) is 0 Å². The van der Waals surface area contributed by atoms with Gasteiger partial charge >= 0.3 is 0 Å². The molecule has 4 heteroatoms. The summed E-state index contributed by atoms with van der Waals surface area (Å²) in [6.07, 6.45) is 3.50. The van der Waals surface area contributed by atoms with E-state index in [4.69, 9.17) is 0 Å². The van der Waals surface area contributed by atoms with Gasteiger partial charge in [-0.15, -0.1) is 0 Å². The molecule has 0 unspecified atom stereocenters. The molecule has 0 bridgehead atoms. The quantitative estimate of drug-likeness (QED) is 0.620. The van der Waals surface area contributed by atoms with Crippen molar-refractivity contribution in [2.45, 2.75) is 26.2 Å². The van der Waals surface area contributed by atoms with Crippen LogP contribution in [0.2, 0.25) is 0 Å². The fraction of sp³-hybridized carbons (Fsp3) is 0.900. The SMILES string of the molecule is CC(=O)NCCCCN1CCCNC1. The van der Waals surface area contributed by atoms with Gasteiger partial charge in [0.15, 0.2) is 0 Å². The summed E-state index contributed by atoms with van der Waals surface area (Å²) >= 11 is 0. The first-order chi connectivity index (χ1) is 6.79. The second kappa shape index (κ2) is 6.79. The summed E-state index contributed by atoms with van der Waals surface area (Å²) in [5.74, 6) is 0.0737. The number of rotatable bonds is 5. The second-order valence-corrected chi connectivity index (χ2v) is 3.82. The van der Waals surface area contributed by atoms with E-state index in [1.54, 1.807) is 6.92 Å². The van der Waals surface area contributed by atoms with Crippen molar-refractivity contribution in [1.82, 2.24) is 15.5 Å². The first-order valence-corrected chi connectivity index (χ1v) is 5.46. The lowest BCUT2D eigenvalue weighted by molar-refractivity contribution is -0.118. The maximum atomic E-state index is 10.6. The highest BCUT2D eigenvalue weighted by molar-refractivity contribution is 5.72. The van der Waals surface area contributed by atoms with Crippen molar-refractivity contribution < 1.29 is 4.79 Å². The molecular weight excluding hydrogens is 178 g/mol. The number of hydrogen-bond acceptors (Lipinski definition) is 3. The molecular formula is C10H21N3O. The van der Waals surface area contributed by atoms with Crippen molar-refractivity contribution in [3.05, 3.63) is 0 Å². The third-order valence-corrected chi connectivity index (χ3v) is 2.44. The zero-order valence-corrected chi connectivity index (χ0v) is 9.01. The Kier molecular flexibility index (Phi) is 5.56. The van der Waals surface area contributed by atoms with Crippen LogP contribution in [-0.4, -0.2) is 43.7 Å². The molecule has 0 spiro atoms. The summed E-state index contributed by atoms with van der Waals surface area (Å²) in [6, 6.07) is 0. The van der Waals surface area contributed by atoms with Crippen molar-refractivity contribution >= 4 is 5.91 Å². The van der Waals surface area contributed by atoms with Gasteiger partial charge in [0.1, 0.15) is 0 Å². The highest BCUT2D eigenvalue weighted by Gasteiger charge is 2.07. The lowest BCUT2D eigenvalue weighted by Crippen LogP contribution is -2.42. The van der Waals surface area contributed by atoms with E-state index in [0.29, 0.717) is 0 Å². The average Bonchev–Trinajstić information content (AvgIpc) is 2.18. The van der Waals surface area contributed by atoms with Crippen molar-refractivity contribution in [2.24, 2.45) is 0 Å². The van der Waals surface area contributed by atoms with E-state index in [0.717, 1.165) is 32.7 Å². The first kappa shape index (κ1) is 11.5. The molecule has 1 aliphatic heterocycles. The Balaban J connectivity index is 1.90. The van der Waals surface area contributed by atoms with Crippen molar-refractivity contribution in [3.63, 3.8) is 0 Å². The van der Waals surface area contributed by atoms with Crippen LogP contribution in [0, 0.1) is 0 Å². The van der Waals surface area contributed by atoms with E-state index < -0.39 is 0 Å². The largest absolute Gasteiger partial charge is 0.356 e. The molecule has 0 saturated carbocycles. The third-order valence-electron chi connectivity index (χ3n) is 2.44. The van der Waals surface area contributed by atoms with Crippen LogP contribution in [0.4, 0.5) is 0 Å². The minimum atomic E-state index is 0.0737. The van der Waals surface area contributed by atoms with Gasteiger partial charge in [-0.25, -0.2) is 0 Å². The van der Waals surface area contributed by atoms with Crippen LogP contribution in [0.3, 0.4) is 0 Å². The number of unbranched alkanes of at least 4 members (excludes halogenated alkanes) is 1. The molecule has 0 aromatic heterocycles. The maximum absolute atomic E-state index is 10.6. The molecule has 0 aromatic carbocycles. The van der Waals surface area contributed by atoms with Gasteiger partial charge in [-0.05, 0) is 32.4 Å². The first-order valence-electron chi connectivity index (χ1n) is 5.46. The van der Waals surface area contributed by atoms with Gasteiger partial charge in [-0.2, -0.15) is 0 Å². The van der Waals surface area contributed by atoms with E-state index in [1.165, 1.54) is 19.4 Å². The summed E-state index contributed by atoms with van der Waals surface area (Å²) in [5, 5.41) is 6.16. The summed E-state index contributed by atoms with van der Waals surface area (Å²) in [7, 11) is 0. The molecule has 0 atom stereocenters. The standard InChI is InChI=1S/C10H21N3O/c1-10(14)12-6-2-3-7-13-8-4-5-11-9-13/h11H,2-9H2,1H3,(H,12,14). The normalized spacial score (nSPS) is 18.1. The number of amides is 1. The zero-order chi connectivity index (χ0) is 10.2. The van der Waals surface area contributed by atoms with Crippen molar-refractivity contribution in [2.75, 3.05) is 32.8 Å². The van der Waals surface area contributed by atoms with Gasteiger partial charge in [-0.1, -0.05) is 0 Å².